The molecule has 280 valence electrons. The van der Waals surface area contributed by atoms with Gasteiger partial charge in [0.15, 0.2) is 0 Å². The minimum Gasteiger partial charge on any atom is -0.509 e. The zero-order chi connectivity index (χ0) is 38.5. The van der Waals surface area contributed by atoms with Crippen molar-refractivity contribution in [1.82, 2.24) is 10.6 Å². The SMILES string of the molecule is CC(=O)OC(C)=O.CC(=O)OC1=C(c2ccc(Cl)cc2Cl)C(=O)NC12CCOC(C)C2.CC1CC2(CCO1)NC(=O)C(c1ccc(Cl)cc1Cl)=C2O. The predicted octanol–water partition coefficient (Wildman–Crippen LogP) is 6.76. The summed E-state index contributed by atoms with van der Waals surface area (Å²) in [4.78, 5) is 56.3. The molecule has 4 aliphatic rings. The molecule has 2 aromatic carbocycles. The average molecular weight is 801 g/mol. The van der Waals surface area contributed by atoms with Crippen LogP contribution in [0.25, 0.3) is 11.1 Å². The molecule has 0 aromatic heterocycles. The molecule has 3 N–H and O–H groups in total. The summed E-state index contributed by atoms with van der Waals surface area (Å²) in [6, 6.07) is 9.72. The second-order valence-electron chi connectivity index (χ2n) is 12.7. The molecule has 12 nitrogen and oxygen atoms in total. The number of aliphatic hydroxyl groups excluding tert-OH is 1. The predicted molar refractivity (Wildman–Crippen MR) is 195 cm³/mol. The van der Waals surface area contributed by atoms with Crippen LogP contribution in [0.2, 0.25) is 20.1 Å². The Bertz CT molecular complexity index is 1830. The van der Waals surface area contributed by atoms with Gasteiger partial charge in [-0.05, 0) is 38.1 Å². The van der Waals surface area contributed by atoms with E-state index in [0.29, 0.717) is 75.9 Å². The van der Waals surface area contributed by atoms with Gasteiger partial charge in [-0.2, -0.15) is 0 Å². The third kappa shape index (κ3) is 9.47. The van der Waals surface area contributed by atoms with E-state index in [2.05, 4.69) is 15.4 Å². The van der Waals surface area contributed by atoms with Gasteiger partial charge in [0.1, 0.15) is 22.6 Å². The second kappa shape index (κ2) is 17.0. The molecule has 2 spiro atoms. The molecular formula is C36H38Cl4N2O10. The van der Waals surface area contributed by atoms with Crippen LogP contribution >= 0.6 is 46.4 Å². The van der Waals surface area contributed by atoms with Crippen LogP contribution in [0.4, 0.5) is 0 Å². The Hall–Kier alpha value is -3.65. The number of rotatable bonds is 3. The van der Waals surface area contributed by atoms with Crippen LogP contribution in [-0.2, 0) is 42.9 Å². The Kier molecular flexibility index (Phi) is 13.4. The van der Waals surface area contributed by atoms with E-state index in [0.717, 1.165) is 0 Å². The lowest BCUT2D eigenvalue weighted by Crippen LogP contribution is -2.51. The number of hydrogen-bond acceptors (Lipinski definition) is 10. The van der Waals surface area contributed by atoms with Crippen LogP contribution in [0.5, 0.6) is 0 Å². The number of carbonyl (C=O) groups is 5. The summed E-state index contributed by atoms with van der Waals surface area (Å²) in [7, 11) is 0. The van der Waals surface area contributed by atoms with Crippen molar-refractivity contribution < 1.29 is 48.0 Å². The van der Waals surface area contributed by atoms with Gasteiger partial charge >= 0.3 is 17.9 Å². The second-order valence-corrected chi connectivity index (χ2v) is 14.4. The fourth-order valence-corrected chi connectivity index (χ4v) is 7.57. The van der Waals surface area contributed by atoms with Crippen LogP contribution < -0.4 is 10.6 Å². The number of hydrogen-bond donors (Lipinski definition) is 3. The van der Waals surface area contributed by atoms with Crippen LogP contribution in [0.15, 0.2) is 47.9 Å². The lowest BCUT2D eigenvalue weighted by Gasteiger charge is -2.37. The number of amides is 2. The molecule has 16 heteroatoms. The van der Waals surface area contributed by atoms with Crippen molar-refractivity contribution in [2.45, 2.75) is 83.6 Å². The number of halogens is 4. The first-order chi connectivity index (χ1) is 24.4. The van der Waals surface area contributed by atoms with Crippen molar-refractivity contribution in [3.8, 4) is 0 Å². The molecule has 4 atom stereocenters. The summed E-state index contributed by atoms with van der Waals surface area (Å²) >= 11 is 24.2. The highest BCUT2D eigenvalue weighted by molar-refractivity contribution is 6.38. The standard InChI is InChI=1S/C17H17Cl2NO4.C15H15Cl2NO3.C4H6O3/c1-9-8-17(5-6-23-9)15(24-10(2)21)14(16(22)20-17)12-4-3-11(18)7-13(12)19;1-8-7-15(4-5-21-8)13(19)12(14(20)18-15)10-3-2-9(16)6-11(10)17;1-3(5)7-4(2)6/h3-4,7,9H,5-6,8H2,1-2H3,(H,20,22);2-3,6,8,19H,4-5,7H2,1H3,(H,18,20);1-2H3. The Labute approximate surface area is 320 Å². The first kappa shape index (κ1) is 41.1. The quantitative estimate of drug-likeness (QED) is 0.223. The molecule has 2 saturated heterocycles. The molecule has 6 rings (SSSR count). The number of carbonyl (C=O) groups excluding carboxylic acids is 5. The molecule has 2 amide bonds. The van der Waals surface area contributed by atoms with Gasteiger partial charge in [0.05, 0.1) is 33.4 Å². The minimum atomic E-state index is -0.751. The molecule has 4 heterocycles. The number of benzene rings is 2. The molecule has 52 heavy (non-hydrogen) atoms. The van der Waals surface area contributed by atoms with E-state index in [1.54, 1.807) is 36.4 Å². The first-order valence-corrected chi connectivity index (χ1v) is 17.7. The zero-order valence-electron chi connectivity index (χ0n) is 29.0. The first-order valence-electron chi connectivity index (χ1n) is 16.2. The average Bonchev–Trinajstić information content (AvgIpc) is 3.39. The van der Waals surface area contributed by atoms with Gasteiger partial charge in [-0.3, -0.25) is 24.0 Å². The molecule has 4 aliphatic heterocycles. The highest BCUT2D eigenvalue weighted by atomic mass is 35.5. The normalized spacial score (nSPS) is 25.1. The van der Waals surface area contributed by atoms with Gasteiger partial charge < -0.3 is 34.7 Å². The minimum absolute atomic E-state index is 0.0266. The van der Waals surface area contributed by atoms with Gasteiger partial charge in [-0.1, -0.05) is 58.5 Å². The summed E-state index contributed by atoms with van der Waals surface area (Å²) < 4.78 is 20.5. The molecule has 2 aromatic rings. The molecule has 0 bridgehead atoms. The van der Waals surface area contributed by atoms with E-state index >= 15 is 0 Å². The fourth-order valence-electron chi connectivity index (χ4n) is 6.56. The lowest BCUT2D eigenvalue weighted by atomic mass is 9.85. The van der Waals surface area contributed by atoms with Crippen LogP contribution in [0.3, 0.4) is 0 Å². The summed E-state index contributed by atoms with van der Waals surface area (Å²) in [5, 5.41) is 18.2. The van der Waals surface area contributed by atoms with Gasteiger partial charge in [0.25, 0.3) is 11.8 Å². The van der Waals surface area contributed by atoms with Gasteiger partial charge in [0.2, 0.25) is 0 Å². The van der Waals surface area contributed by atoms with E-state index in [-0.39, 0.29) is 40.9 Å². The van der Waals surface area contributed by atoms with Gasteiger partial charge in [0, 0.05) is 80.8 Å². The maximum atomic E-state index is 12.7. The van der Waals surface area contributed by atoms with Gasteiger partial charge in [-0.25, -0.2) is 0 Å². The monoisotopic (exact) mass is 798 g/mol. The lowest BCUT2D eigenvalue weighted by molar-refractivity contribution is -0.156. The largest absolute Gasteiger partial charge is 0.509 e. The topological polar surface area (TPSA) is 167 Å². The van der Waals surface area contributed by atoms with Crippen molar-refractivity contribution in [3.05, 3.63) is 79.1 Å². The van der Waals surface area contributed by atoms with Crippen LogP contribution in [-0.4, -0.2) is 71.3 Å². The van der Waals surface area contributed by atoms with Crippen molar-refractivity contribution >= 4 is 87.3 Å². The van der Waals surface area contributed by atoms with E-state index in [9.17, 15) is 29.1 Å². The van der Waals surface area contributed by atoms with Crippen molar-refractivity contribution in [2.75, 3.05) is 13.2 Å². The third-order valence-corrected chi connectivity index (χ3v) is 9.68. The molecule has 0 aliphatic carbocycles. The summed E-state index contributed by atoms with van der Waals surface area (Å²) in [5.41, 5.74) is -0.00386. The molecule has 4 unspecified atom stereocenters. The number of esters is 3. The van der Waals surface area contributed by atoms with Crippen molar-refractivity contribution in [3.63, 3.8) is 0 Å². The molecule has 0 radical (unpaired) electrons. The van der Waals surface area contributed by atoms with Crippen LogP contribution in [0.1, 0.15) is 71.4 Å². The summed E-state index contributed by atoms with van der Waals surface area (Å²) in [6.07, 6.45) is 2.05. The Morgan fingerprint density at radius 3 is 1.62 bits per heavy atom. The summed E-state index contributed by atoms with van der Waals surface area (Å²) in [5.74, 6) is -1.87. The molecule has 2 fully saturated rings. The van der Waals surface area contributed by atoms with Crippen molar-refractivity contribution in [1.29, 1.82) is 0 Å². The highest BCUT2D eigenvalue weighted by Gasteiger charge is 2.51. The van der Waals surface area contributed by atoms with Gasteiger partial charge in [-0.15, -0.1) is 0 Å². The fraction of sp³-hybridized carbons (Fsp3) is 0.417. The maximum Gasteiger partial charge on any atom is 0.310 e. The third-order valence-electron chi connectivity index (χ3n) is 8.58. The van der Waals surface area contributed by atoms with E-state index in [4.69, 9.17) is 60.6 Å². The Morgan fingerprint density at radius 2 is 1.17 bits per heavy atom. The highest BCUT2D eigenvalue weighted by Crippen LogP contribution is 2.44. The molecular weight excluding hydrogens is 762 g/mol. The maximum absolute atomic E-state index is 12.7. The number of nitrogens with one attached hydrogen (secondary N) is 2. The molecule has 0 saturated carbocycles. The number of aliphatic hydroxyl groups is 1. The Balaban J connectivity index is 0.000000198. The van der Waals surface area contributed by atoms with Crippen LogP contribution in [0, 0.1) is 0 Å². The smallest absolute Gasteiger partial charge is 0.310 e. The Morgan fingerprint density at radius 1 is 0.731 bits per heavy atom. The summed E-state index contributed by atoms with van der Waals surface area (Å²) in [6.45, 7) is 8.48. The van der Waals surface area contributed by atoms with E-state index in [1.165, 1.54) is 20.8 Å². The van der Waals surface area contributed by atoms with Crippen molar-refractivity contribution in [2.24, 2.45) is 0 Å². The zero-order valence-corrected chi connectivity index (χ0v) is 32.0. The van der Waals surface area contributed by atoms with E-state index in [1.807, 2.05) is 13.8 Å². The van der Waals surface area contributed by atoms with E-state index < -0.39 is 29.0 Å². The number of ether oxygens (including phenoxy) is 4.